The Bertz CT molecular complexity index is 910. The van der Waals surface area contributed by atoms with Gasteiger partial charge in [-0.25, -0.2) is 0 Å². The molecule has 0 saturated carbocycles. The minimum atomic E-state index is 0.134. The zero-order chi connectivity index (χ0) is 18.2. The van der Waals surface area contributed by atoms with Crippen LogP contribution in [0.25, 0.3) is 11.1 Å². The maximum Gasteiger partial charge on any atom is 0.184 e. The largest absolute Gasteiger partial charge is 0.489 e. The van der Waals surface area contributed by atoms with Crippen molar-refractivity contribution in [1.29, 1.82) is 0 Å². The SMILES string of the molecule is NC(=S)NN=Cc1ccccc1-c1cccc(OCc2ccccc2)c1. The molecule has 0 atom stereocenters. The van der Waals surface area contributed by atoms with Crippen LogP contribution in [0.4, 0.5) is 0 Å². The highest BCUT2D eigenvalue weighted by Crippen LogP contribution is 2.26. The molecule has 0 heterocycles. The van der Waals surface area contributed by atoms with Gasteiger partial charge in [0.25, 0.3) is 0 Å². The first-order chi connectivity index (χ1) is 12.7. The van der Waals surface area contributed by atoms with Gasteiger partial charge in [-0.05, 0) is 41.0 Å². The van der Waals surface area contributed by atoms with Gasteiger partial charge in [0.2, 0.25) is 0 Å². The normalized spacial score (nSPS) is 10.6. The highest BCUT2D eigenvalue weighted by Gasteiger charge is 2.05. The number of nitrogens with two attached hydrogens (primary N) is 1. The van der Waals surface area contributed by atoms with E-state index in [9.17, 15) is 0 Å². The molecule has 0 fully saturated rings. The monoisotopic (exact) mass is 361 g/mol. The summed E-state index contributed by atoms with van der Waals surface area (Å²) in [7, 11) is 0. The summed E-state index contributed by atoms with van der Waals surface area (Å²) >= 11 is 4.76. The highest BCUT2D eigenvalue weighted by atomic mass is 32.1. The number of ether oxygens (including phenoxy) is 1. The fraction of sp³-hybridized carbons (Fsp3) is 0.0476. The van der Waals surface area contributed by atoms with Crippen molar-refractivity contribution in [3.8, 4) is 16.9 Å². The molecule has 0 radical (unpaired) electrons. The second-order valence-corrected chi connectivity index (χ2v) is 6.06. The maximum absolute atomic E-state index is 5.93. The predicted molar refractivity (Wildman–Crippen MR) is 110 cm³/mol. The van der Waals surface area contributed by atoms with Gasteiger partial charge in [0, 0.05) is 5.56 Å². The lowest BCUT2D eigenvalue weighted by Crippen LogP contribution is -2.24. The minimum Gasteiger partial charge on any atom is -0.489 e. The zero-order valence-electron chi connectivity index (χ0n) is 14.1. The van der Waals surface area contributed by atoms with E-state index in [-0.39, 0.29) is 5.11 Å². The standard InChI is InChI=1S/C21H19N3OS/c22-21(26)24-23-14-18-9-4-5-12-20(18)17-10-6-11-19(13-17)25-15-16-7-2-1-3-8-16/h1-14H,15H2,(H3,22,24,26). The molecular formula is C21H19N3OS. The third kappa shape index (κ3) is 4.91. The average Bonchev–Trinajstić information content (AvgIpc) is 2.67. The van der Waals surface area contributed by atoms with E-state index in [1.54, 1.807) is 6.21 Å². The maximum atomic E-state index is 5.93. The van der Waals surface area contributed by atoms with Gasteiger partial charge >= 0.3 is 0 Å². The fourth-order valence-corrected chi connectivity index (χ4v) is 2.58. The topological polar surface area (TPSA) is 59.6 Å². The first-order valence-corrected chi connectivity index (χ1v) is 8.58. The summed E-state index contributed by atoms with van der Waals surface area (Å²) in [4.78, 5) is 0. The van der Waals surface area contributed by atoms with Crippen LogP contribution < -0.4 is 15.9 Å². The van der Waals surface area contributed by atoms with Crippen molar-refractivity contribution in [3.05, 3.63) is 90.0 Å². The number of benzene rings is 3. The fourth-order valence-electron chi connectivity index (χ4n) is 2.53. The molecule has 0 saturated heterocycles. The van der Waals surface area contributed by atoms with Gasteiger partial charge in [0.1, 0.15) is 12.4 Å². The lowest BCUT2D eigenvalue weighted by Gasteiger charge is -2.10. The molecule has 0 aliphatic rings. The number of nitrogens with zero attached hydrogens (tertiary/aromatic N) is 1. The van der Waals surface area contributed by atoms with Crippen LogP contribution in [0.15, 0.2) is 84.0 Å². The summed E-state index contributed by atoms with van der Waals surface area (Å²) in [5.41, 5.74) is 12.2. The van der Waals surface area contributed by atoms with E-state index in [1.807, 2.05) is 78.9 Å². The number of hydrazone groups is 1. The molecule has 0 amide bonds. The molecule has 3 N–H and O–H groups in total. The van der Waals surface area contributed by atoms with E-state index in [0.29, 0.717) is 6.61 Å². The van der Waals surface area contributed by atoms with Crippen molar-refractivity contribution in [2.45, 2.75) is 6.61 Å². The molecule has 5 heteroatoms. The van der Waals surface area contributed by atoms with Crippen LogP contribution in [0.2, 0.25) is 0 Å². The van der Waals surface area contributed by atoms with Crippen molar-refractivity contribution in [2.75, 3.05) is 0 Å². The summed E-state index contributed by atoms with van der Waals surface area (Å²) in [6.07, 6.45) is 1.70. The Labute approximate surface area is 158 Å². The van der Waals surface area contributed by atoms with Crippen LogP contribution in [0, 0.1) is 0 Å². The number of nitrogens with one attached hydrogen (secondary N) is 1. The van der Waals surface area contributed by atoms with Crippen LogP contribution >= 0.6 is 12.2 Å². The molecule has 3 aromatic carbocycles. The molecule has 0 aromatic heterocycles. The van der Waals surface area contributed by atoms with E-state index >= 15 is 0 Å². The summed E-state index contributed by atoms with van der Waals surface area (Å²) in [6.45, 7) is 0.533. The number of hydrogen-bond acceptors (Lipinski definition) is 3. The van der Waals surface area contributed by atoms with Gasteiger partial charge in [-0.3, -0.25) is 5.43 Å². The molecule has 0 unspecified atom stereocenters. The Kier molecular flexibility index (Phi) is 5.96. The molecule has 3 aromatic rings. The molecule has 0 bridgehead atoms. The van der Waals surface area contributed by atoms with Crippen molar-refractivity contribution < 1.29 is 4.74 Å². The summed E-state index contributed by atoms with van der Waals surface area (Å²) < 4.78 is 5.93. The second kappa shape index (κ2) is 8.78. The molecule has 4 nitrogen and oxygen atoms in total. The minimum absolute atomic E-state index is 0.134. The Morgan fingerprint density at radius 3 is 2.58 bits per heavy atom. The zero-order valence-corrected chi connectivity index (χ0v) is 14.9. The molecule has 130 valence electrons. The summed E-state index contributed by atoms with van der Waals surface area (Å²) in [6, 6.07) is 26.1. The highest BCUT2D eigenvalue weighted by molar-refractivity contribution is 7.80. The Morgan fingerprint density at radius 1 is 1.00 bits per heavy atom. The Hall–Kier alpha value is -3.18. The number of rotatable bonds is 6. The van der Waals surface area contributed by atoms with E-state index < -0.39 is 0 Å². The third-order valence-corrected chi connectivity index (χ3v) is 3.82. The van der Waals surface area contributed by atoms with Crippen LogP contribution in [0.5, 0.6) is 5.75 Å². The molecular weight excluding hydrogens is 342 g/mol. The third-order valence-electron chi connectivity index (χ3n) is 3.73. The summed E-state index contributed by atoms with van der Waals surface area (Å²) in [5.74, 6) is 0.819. The quantitative estimate of drug-likeness (QED) is 0.394. The Morgan fingerprint density at radius 2 is 1.77 bits per heavy atom. The smallest absolute Gasteiger partial charge is 0.184 e. The lowest BCUT2D eigenvalue weighted by molar-refractivity contribution is 0.306. The lowest BCUT2D eigenvalue weighted by atomic mass is 10.0. The van der Waals surface area contributed by atoms with E-state index in [0.717, 1.165) is 28.0 Å². The van der Waals surface area contributed by atoms with Crippen molar-refractivity contribution in [2.24, 2.45) is 10.8 Å². The first-order valence-electron chi connectivity index (χ1n) is 8.17. The molecule has 3 rings (SSSR count). The van der Waals surface area contributed by atoms with Gasteiger partial charge in [-0.15, -0.1) is 0 Å². The van der Waals surface area contributed by atoms with Crippen molar-refractivity contribution in [1.82, 2.24) is 5.43 Å². The average molecular weight is 361 g/mol. The van der Waals surface area contributed by atoms with Gasteiger partial charge < -0.3 is 10.5 Å². The van der Waals surface area contributed by atoms with Gasteiger partial charge in [0.15, 0.2) is 5.11 Å². The van der Waals surface area contributed by atoms with E-state index in [1.165, 1.54) is 0 Å². The number of hydrogen-bond donors (Lipinski definition) is 2. The predicted octanol–water partition coefficient (Wildman–Crippen LogP) is 4.10. The number of thiocarbonyl (C=S) groups is 1. The van der Waals surface area contributed by atoms with Crippen molar-refractivity contribution in [3.63, 3.8) is 0 Å². The molecule has 0 aliphatic carbocycles. The molecule has 0 aliphatic heterocycles. The van der Waals surface area contributed by atoms with Crippen LogP contribution in [0.1, 0.15) is 11.1 Å². The molecule has 26 heavy (non-hydrogen) atoms. The van der Waals surface area contributed by atoms with Gasteiger partial charge in [0.05, 0.1) is 6.21 Å². The van der Waals surface area contributed by atoms with Gasteiger partial charge in [-0.1, -0.05) is 66.7 Å². The van der Waals surface area contributed by atoms with Gasteiger partial charge in [-0.2, -0.15) is 5.10 Å². The van der Waals surface area contributed by atoms with Crippen LogP contribution in [0.3, 0.4) is 0 Å². The summed E-state index contributed by atoms with van der Waals surface area (Å²) in [5, 5.41) is 4.19. The first kappa shape index (κ1) is 17.6. The van der Waals surface area contributed by atoms with Crippen molar-refractivity contribution >= 4 is 23.5 Å². The molecule has 0 spiro atoms. The van der Waals surface area contributed by atoms with Crippen LogP contribution in [-0.2, 0) is 6.61 Å². The van der Waals surface area contributed by atoms with Crippen LogP contribution in [-0.4, -0.2) is 11.3 Å². The van der Waals surface area contributed by atoms with E-state index in [4.69, 9.17) is 22.7 Å². The van der Waals surface area contributed by atoms with E-state index in [2.05, 4.69) is 10.5 Å². The second-order valence-electron chi connectivity index (χ2n) is 5.62. The Balaban J connectivity index is 1.79.